The van der Waals surface area contributed by atoms with E-state index in [2.05, 4.69) is 10.5 Å². The maximum absolute atomic E-state index is 12.0. The van der Waals surface area contributed by atoms with E-state index in [-0.39, 0.29) is 11.3 Å². The van der Waals surface area contributed by atoms with Crippen LogP contribution >= 0.6 is 0 Å². The molecule has 0 fully saturated rings. The van der Waals surface area contributed by atoms with E-state index in [1.807, 2.05) is 0 Å². The van der Waals surface area contributed by atoms with Crippen LogP contribution in [-0.4, -0.2) is 36.4 Å². The highest BCUT2D eigenvalue weighted by Gasteiger charge is 2.18. The predicted molar refractivity (Wildman–Crippen MR) is 89.4 cm³/mol. The third-order valence-electron chi connectivity index (χ3n) is 3.25. The maximum atomic E-state index is 12.0. The van der Waals surface area contributed by atoms with Crippen LogP contribution in [0.25, 0.3) is 0 Å². The number of ether oxygens (including phenoxy) is 2. The van der Waals surface area contributed by atoms with Crippen LogP contribution in [-0.2, 0) is 0 Å². The highest BCUT2D eigenvalue weighted by atomic mass is 16.6. The minimum absolute atomic E-state index is 0.0288. The highest BCUT2D eigenvalue weighted by Crippen LogP contribution is 2.33. The van der Waals surface area contributed by atoms with Crippen LogP contribution in [0.3, 0.4) is 0 Å². The van der Waals surface area contributed by atoms with E-state index in [4.69, 9.17) is 9.47 Å². The molecule has 2 rings (SSSR count). The summed E-state index contributed by atoms with van der Waals surface area (Å²) in [6, 6.07) is 8.79. The molecule has 2 aromatic rings. The van der Waals surface area contributed by atoms with E-state index < -0.39 is 22.3 Å². The van der Waals surface area contributed by atoms with Gasteiger partial charge in [-0.2, -0.15) is 5.10 Å². The summed E-state index contributed by atoms with van der Waals surface area (Å²) in [5.41, 5.74) is 2.12. The molecule has 0 saturated carbocycles. The Hall–Kier alpha value is -3.62. The lowest BCUT2D eigenvalue weighted by Crippen LogP contribution is -2.17. The van der Waals surface area contributed by atoms with Gasteiger partial charge in [0.15, 0.2) is 0 Å². The van der Waals surface area contributed by atoms with E-state index in [0.717, 1.165) is 12.3 Å². The van der Waals surface area contributed by atoms with Gasteiger partial charge in [0.25, 0.3) is 5.91 Å². The number of nitrogens with one attached hydrogen (secondary N) is 1. The first kappa shape index (κ1) is 17.7. The number of carbonyl (C=O) groups is 1. The summed E-state index contributed by atoms with van der Waals surface area (Å²) in [6.07, 6.45) is 1.09. The van der Waals surface area contributed by atoms with Gasteiger partial charge in [0.05, 0.1) is 31.4 Å². The molecule has 130 valence electrons. The van der Waals surface area contributed by atoms with Crippen molar-refractivity contribution in [2.75, 3.05) is 14.2 Å². The topological polar surface area (TPSA) is 123 Å². The molecule has 0 bridgehead atoms. The van der Waals surface area contributed by atoms with Gasteiger partial charge >= 0.3 is 5.69 Å². The zero-order valence-corrected chi connectivity index (χ0v) is 13.4. The Morgan fingerprint density at radius 3 is 2.40 bits per heavy atom. The van der Waals surface area contributed by atoms with E-state index in [9.17, 15) is 20.0 Å². The number of aromatic hydroxyl groups is 1. The second kappa shape index (κ2) is 7.77. The Kier molecular flexibility index (Phi) is 5.51. The fraction of sp³-hybridized carbons (Fsp3) is 0.125. The Bertz CT molecular complexity index is 817. The maximum Gasteiger partial charge on any atom is 0.315 e. The third kappa shape index (κ3) is 4.22. The van der Waals surface area contributed by atoms with Crippen LogP contribution in [0.1, 0.15) is 15.9 Å². The molecule has 0 radical (unpaired) electrons. The lowest BCUT2D eigenvalue weighted by Gasteiger charge is -2.05. The zero-order chi connectivity index (χ0) is 18.4. The third-order valence-corrected chi connectivity index (χ3v) is 3.25. The van der Waals surface area contributed by atoms with Gasteiger partial charge in [-0.25, -0.2) is 5.43 Å². The first-order valence-electron chi connectivity index (χ1n) is 6.99. The van der Waals surface area contributed by atoms with Crippen molar-refractivity contribution < 1.29 is 24.3 Å². The molecule has 0 unspecified atom stereocenters. The molecule has 0 aromatic heterocycles. The molecule has 0 aliphatic rings. The van der Waals surface area contributed by atoms with Gasteiger partial charge in [-0.15, -0.1) is 0 Å². The molecule has 0 aliphatic carbocycles. The van der Waals surface area contributed by atoms with Gasteiger partial charge in [0.2, 0.25) is 5.75 Å². The number of phenols is 1. The van der Waals surface area contributed by atoms with Crippen LogP contribution in [0.5, 0.6) is 17.2 Å². The number of benzene rings is 2. The van der Waals surface area contributed by atoms with Gasteiger partial charge in [-0.1, -0.05) is 0 Å². The number of hydrazone groups is 1. The quantitative estimate of drug-likeness (QED) is 0.469. The minimum atomic E-state index is -0.745. The molecule has 0 aliphatic heterocycles. The molecule has 0 atom stereocenters. The molecule has 1 amide bonds. The fourth-order valence-corrected chi connectivity index (χ4v) is 1.94. The lowest BCUT2D eigenvalue weighted by atomic mass is 10.1. The number of rotatable bonds is 6. The molecule has 0 heterocycles. The van der Waals surface area contributed by atoms with Crippen molar-refractivity contribution in [3.63, 3.8) is 0 Å². The number of nitro benzene ring substituents is 1. The molecular weight excluding hydrogens is 330 g/mol. The summed E-state index contributed by atoms with van der Waals surface area (Å²) >= 11 is 0. The number of amides is 1. The fourth-order valence-electron chi connectivity index (χ4n) is 1.94. The Morgan fingerprint density at radius 1 is 1.20 bits per heavy atom. The van der Waals surface area contributed by atoms with Gasteiger partial charge in [0, 0.05) is 11.1 Å². The van der Waals surface area contributed by atoms with E-state index in [1.54, 1.807) is 24.3 Å². The highest BCUT2D eigenvalue weighted by molar-refractivity contribution is 5.95. The largest absolute Gasteiger partial charge is 0.502 e. The van der Waals surface area contributed by atoms with E-state index in [1.165, 1.54) is 20.3 Å². The van der Waals surface area contributed by atoms with E-state index >= 15 is 0 Å². The Morgan fingerprint density at radius 2 is 1.84 bits per heavy atom. The molecule has 2 aromatic carbocycles. The van der Waals surface area contributed by atoms with Crippen LogP contribution in [0.4, 0.5) is 5.69 Å². The normalized spacial score (nSPS) is 10.5. The standard InChI is InChI=1S/C16H15N3O6/c1-24-12-5-3-10(4-6-12)16(21)18-17-9-11-7-13(25-2)8-14(15(11)20)19(22)23/h3-9,20H,1-2H3,(H,18,21)/b17-9-. The van der Waals surface area contributed by atoms with Gasteiger partial charge < -0.3 is 14.6 Å². The van der Waals surface area contributed by atoms with Crippen molar-refractivity contribution in [1.82, 2.24) is 5.43 Å². The van der Waals surface area contributed by atoms with Crippen molar-refractivity contribution in [2.45, 2.75) is 0 Å². The van der Waals surface area contributed by atoms with Crippen molar-refractivity contribution in [3.05, 3.63) is 57.6 Å². The van der Waals surface area contributed by atoms with Crippen LogP contribution in [0.2, 0.25) is 0 Å². The van der Waals surface area contributed by atoms with Crippen molar-refractivity contribution in [2.24, 2.45) is 5.10 Å². The Balaban J connectivity index is 2.17. The number of nitro groups is 1. The number of nitrogens with zero attached hydrogens (tertiary/aromatic N) is 2. The van der Waals surface area contributed by atoms with Crippen LogP contribution < -0.4 is 14.9 Å². The van der Waals surface area contributed by atoms with Gasteiger partial charge in [-0.05, 0) is 30.3 Å². The van der Waals surface area contributed by atoms with Crippen LogP contribution in [0, 0.1) is 10.1 Å². The zero-order valence-electron chi connectivity index (χ0n) is 13.4. The van der Waals surface area contributed by atoms with Crippen molar-refractivity contribution >= 4 is 17.8 Å². The first-order valence-corrected chi connectivity index (χ1v) is 6.99. The second-order valence-corrected chi connectivity index (χ2v) is 4.77. The molecule has 9 nitrogen and oxygen atoms in total. The average molecular weight is 345 g/mol. The van der Waals surface area contributed by atoms with Gasteiger partial charge in [0.1, 0.15) is 11.5 Å². The number of phenolic OH excluding ortho intramolecular Hbond substituents is 1. The number of methoxy groups -OCH3 is 2. The lowest BCUT2D eigenvalue weighted by molar-refractivity contribution is -0.385. The number of hydrogen-bond donors (Lipinski definition) is 2. The summed E-state index contributed by atoms with van der Waals surface area (Å²) in [7, 11) is 2.85. The SMILES string of the molecule is COc1ccc(C(=O)N/N=C\c2cc(OC)cc([N+](=O)[O-])c2O)cc1. The average Bonchev–Trinajstić information content (AvgIpc) is 2.62. The molecule has 2 N–H and O–H groups in total. The number of carbonyl (C=O) groups excluding carboxylic acids is 1. The van der Waals surface area contributed by atoms with Crippen LogP contribution in [0.15, 0.2) is 41.5 Å². The van der Waals surface area contributed by atoms with Crippen molar-refractivity contribution in [1.29, 1.82) is 0 Å². The molecule has 25 heavy (non-hydrogen) atoms. The smallest absolute Gasteiger partial charge is 0.315 e. The minimum Gasteiger partial charge on any atom is -0.502 e. The predicted octanol–water partition coefficient (Wildman–Crippen LogP) is 2.08. The molecular formula is C16H15N3O6. The van der Waals surface area contributed by atoms with Gasteiger partial charge in [-0.3, -0.25) is 14.9 Å². The molecule has 0 saturated heterocycles. The first-order chi connectivity index (χ1) is 12.0. The summed E-state index contributed by atoms with van der Waals surface area (Å²) in [4.78, 5) is 22.1. The second-order valence-electron chi connectivity index (χ2n) is 4.77. The summed E-state index contributed by atoms with van der Waals surface area (Å²) in [6.45, 7) is 0. The summed E-state index contributed by atoms with van der Waals surface area (Å²) in [5, 5.41) is 24.5. The number of hydrogen-bond acceptors (Lipinski definition) is 7. The monoisotopic (exact) mass is 345 g/mol. The summed E-state index contributed by atoms with van der Waals surface area (Å²) < 4.78 is 9.94. The molecule has 9 heteroatoms. The summed E-state index contributed by atoms with van der Waals surface area (Å²) in [5.74, 6) is -0.287. The van der Waals surface area contributed by atoms with E-state index in [0.29, 0.717) is 11.3 Å². The Labute approximate surface area is 142 Å². The van der Waals surface area contributed by atoms with Crippen molar-refractivity contribution in [3.8, 4) is 17.2 Å². The molecule has 0 spiro atoms.